The molecule has 0 spiro atoms. The largest absolute Gasteiger partial charge is 0.444 e. The second-order valence-corrected chi connectivity index (χ2v) is 31.3. The first-order valence-corrected chi connectivity index (χ1v) is 35.4. The van der Waals surface area contributed by atoms with Crippen LogP contribution < -0.4 is 0 Å². The number of amides is 4. The molecule has 3 fully saturated rings. The van der Waals surface area contributed by atoms with Gasteiger partial charge in [-0.1, -0.05) is 36.8 Å². The smallest absolute Gasteiger partial charge is 0.420 e. The van der Waals surface area contributed by atoms with Crippen LogP contribution >= 0.6 is 0 Å². The predicted molar refractivity (Wildman–Crippen MR) is 398 cm³/mol. The number of nitrogens with zero attached hydrogens (tertiary/aromatic N) is 9. The van der Waals surface area contributed by atoms with Crippen molar-refractivity contribution < 1.29 is 38.1 Å². The highest BCUT2D eigenvalue weighted by molar-refractivity contribution is 5.88. The van der Waals surface area contributed by atoms with Gasteiger partial charge in [0.2, 0.25) is 0 Å². The van der Waals surface area contributed by atoms with E-state index in [1.807, 2.05) is 124 Å². The van der Waals surface area contributed by atoms with Crippen LogP contribution in [0.2, 0.25) is 0 Å². The maximum absolute atomic E-state index is 12.1. The van der Waals surface area contributed by atoms with Crippen molar-refractivity contribution in [1.82, 2.24) is 43.4 Å². The second kappa shape index (κ2) is 47.8. The summed E-state index contributed by atoms with van der Waals surface area (Å²) in [6, 6.07) is 22.3. The summed E-state index contributed by atoms with van der Waals surface area (Å²) in [5.41, 5.74) is -1.04. The molecule has 0 radical (unpaired) electrons. The Labute approximate surface area is 578 Å². The molecule has 0 N–H and O–H groups in total. The van der Waals surface area contributed by atoms with Crippen LogP contribution in [0.1, 0.15) is 264 Å². The predicted octanol–water partition coefficient (Wildman–Crippen LogP) is 19.2. The van der Waals surface area contributed by atoms with Crippen LogP contribution in [-0.4, -0.2) is 193 Å². The molecule has 3 aliphatic rings. The number of carbonyl (C=O) groups excluding carboxylic acids is 4. The van der Waals surface area contributed by atoms with Crippen molar-refractivity contribution in [1.29, 1.82) is 0 Å². The lowest BCUT2D eigenvalue weighted by atomic mass is 10.1. The first-order valence-electron chi connectivity index (χ1n) is 35.4. The third-order valence-electron chi connectivity index (χ3n) is 14.7. The third-order valence-corrected chi connectivity index (χ3v) is 14.7. The Balaban J connectivity index is -0.00000102. The Bertz CT molecular complexity index is 2250. The SMILES string of the molecule is CC(C)N(C(=O)OC(C)(C)C)C(=O)OC(C)(C)C.CC(C)N(C)C.CC(C)N(C)C(=O)OC(C)(C)C.CC(C)N(Cc1ccccc1)C(=O)OC(C)(C)C.CC(C)N1CCC1.CC(C)N1CCCC1.CC(C)N1CCCCC1.CC(C)n1cccc1.CC(C)n1cccc1. The van der Waals surface area contributed by atoms with Gasteiger partial charge < -0.3 is 57.5 Å². The molecule has 6 rings (SSSR count). The maximum atomic E-state index is 12.1. The maximum Gasteiger partial charge on any atom is 0.420 e. The Kier molecular flexibility index (Phi) is 47.3. The van der Waals surface area contributed by atoms with Crippen LogP contribution in [0, 0.1) is 0 Å². The highest BCUT2D eigenvalue weighted by Crippen LogP contribution is 2.19. The molecule has 3 aromatic rings. The number of ether oxygens (including phenoxy) is 4. The summed E-state index contributed by atoms with van der Waals surface area (Å²) in [5, 5.41) is 0. The minimum Gasteiger partial charge on any atom is -0.444 e. The summed E-state index contributed by atoms with van der Waals surface area (Å²) in [7, 11) is 5.88. The number of hydrogen-bond donors (Lipinski definition) is 0. The summed E-state index contributed by atoms with van der Waals surface area (Å²) in [6.45, 7) is 68.2. The number of imide groups is 1. The van der Waals surface area contributed by atoms with Crippen molar-refractivity contribution in [3.05, 3.63) is 84.9 Å². The van der Waals surface area contributed by atoms with Crippen molar-refractivity contribution in [2.45, 2.75) is 330 Å². The van der Waals surface area contributed by atoms with Crippen molar-refractivity contribution in [3.63, 3.8) is 0 Å². The van der Waals surface area contributed by atoms with E-state index in [1.165, 1.54) is 77.8 Å². The monoisotopic (exact) mass is 1330 g/mol. The van der Waals surface area contributed by atoms with E-state index in [9.17, 15) is 19.2 Å². The van der Waals surface area contributed by atoms with Gasteiger partial charge in [0.25, 0.3) is 0 Å². The van der Waals surface area contributed by atoms with E-state index in [-0.39, 0.29) is 30.3 Å². The van der Waals surface area contributed by atoms with E-state index >= 15 is 0 Å². The standard InChI is InChI=1S/C15H23NO2.C13H25NO4.C9H19NO2.C8H17N.C7H15N.2C7H11N.C6H13N.C5H13N/c1-12(2)16(14(17)18-15(3,4)5)11-13-9-7-6-8-10-13;1-9(2)14(10(15)17-12(3,4)5)11(16)18-13(6,7)8;1-7(2)10(6)8(11)12-9(3,4)5;1-8(2)9-6-4-3-5-7-9;3*1-7(2)8-5-3-4-6-8;1-6(2)7-4-3-5-7;1-5(2)6(3)4/h6-10,12H,11H2,1-5H3;9H,1-8H3;7H,1-6H3;8H,3-7H2,1-2H3;7H,3-6H2,1-2H3;2*3-7H,1-2H3;6H,3-5H2,1-2H3;5H,1-4H3. The van der Waals surface area contributed by atoms with Gasteiger partial charge in [-0.2, -0.15) is 0 Å². The second-order valence-electron chi connectivity index (χ2n) is 31.3. The lowest BCUT2D eigenvalue weighted by molar-refractivity contribution is -0.00452. The van der Waals surface area contributed by atoms with Crippen LogP contribution in [0.15, 0.2) is 79.4 Å². The molecule has 2 aromatic heterocycles. The van der Waals surface area contributed by atoms with Gasteiger partial charge in [0.05, 0.1) is 0 Å². The molecular formula is C77H147N9O8. The van der Waals surface area contributed by atoms with Crippen LogP contribution in [0.5, 0.6) is 0 Å². The molecule has 0 aliphatic carbocycles. The van der Waals surface area contributed by atoms with Gasteiger partial charge in [0.15, 0.2) is 0 Å². The number of rotatable bonds is 11. The molecule has 17 heteroatoms. The average molecular weight is 1330 g/mol. The molecule has 548 valence electrons. The molecule has 3 aliphatic heterocycles. The number of benzene rings is 1. The molecule has 3 saturated heterocycles. The van der Waals surface area contributed by atoms with Crippen molar-refractivity contribution in [2.24, 2.45) is 0 Å². The van der Waals surface area contributed by atoms with E-state index in [0.717, 1.165) is 28.6 Å². The van der Waals surface area contributed by atoms with Crippen LogP contribution in [0.25, 0.3) is 0 Å². The molecular weight excluding hydrogens is 1180 g/mol. The zero-order valence-corrected chi connectivity index (χ0v) is 66.7. The molecule has 94 heavy (non-hydrogen) atoms. The van der Waals surface area contributed by atoms with E-state index in [1.54, 1.807) is 72.2 Å². The van der Waals surface area contributed by atoms with Crippen LogP contribution in [0.3, 0.4) is 0 Å². The molecule has 4 amide bonds. The van der Waals surface area contributed by atoms with Gasteiger partial charge in [-0.15, -0.1) is 0 Å². The highest BCUT2D eigenvalue weighted by atomic mass is 16.6. The molecule has 17 nitrogen and oxygen atoms in total. The lowest BCUT2D eigenvalue weighted by Crippen LogP contribution is -2.47. The molecule has 0 saturated carbocycles. The van der Waals surface area contributed by atoms with E-state index in [2.05, 4.69) is 151 Å². The fraction of sp³-hybridized carbons (Fsp3) is 0.766. The topological polar surface area (TPSA) is 138 Å². The Morgan fingerprint density at radius 2 is 0.649 bits per heavy atom. The highest BCUT2D eigenvalue weighted by Gasteiger charge is 2.33. The third kappa shape index (κ3) is 49.4. The van der Waals surface area contributed by atoms with E-state index in [0.29, 0.717) is 24.7 Å². The van der Waals surface area contributed by atoms with Gasteiger partial charge in [-0.05, 0) is 323 Å². The van der Waals surface area contributed by atoms with E-state index < -0.39 is 34.6 Å². The normalized spacial score (nSPS) is 14.3. The fourth-order valence-electron chi connectivity index (χ4n) is 8.16. The van der Waals surface area contributed by atoms with Gasteiger partial charge in [-0.3, -0.25) is 0 Å². The summed E-state index contributed by atoms with van der Waals surface area (Å²) in [4.78, 5) is 61.3. The Morgan fingerprint density at radius 3 is 0.862 bits per heavy atom. The molecule has 0 atom stereocenters. The van der Waals surface area contributed by atoms with Gasteiger partial charge in [0, 0.05) is 92.8 Å². The zero-order valence-electron chi connectivity index (χ0n) is 66.7. The Morgan fingerprint density at radius 1 is 0.362 bits per heavy atom. The van der Waals surface area contributed by atoms with Crippen molar-refractivity contribution >= 4 is 24.4 Å². The quantitative estimate of drug-likeness (QED) is 0.169. The first-order chi connectivity index (χ1) is 43.0. The number of hydrogen-bond acceptors (Lipinski definition) is 12. The van der Waals surface area contributed by atoms with E-state index in [4.69, 9.17) is 18.9 Å². The molecule has 0 bridgehead atoms. The first kappa shape index (κ1) is 93.1. The zero-order chi connectivity index (χ0) is 73.5. The van der Waals surface area contributed by atoms with Crippen molar-refractivity contribution in [3.8, 4) is 0 Å². The summed E-state index contributed by atoms with van der Waals surface area (Å²) in [5.74, 6) is 0. The molecule has 0 unspecified atom stereocenters. The average Bonchev–Trinajstić information content (AvgIpc) is 1.23. The minimum absolute atomic E-state index is 0.111. The van der Waals surface area contributed by atoms with Gasteiger partial charge >= 0.3 is 24.4 Å². The number of carbonyl (C=O) groups is 4. The summed E-state index contributed by atoms with van der Waals surface area (Å²) >= 11 is 0. The fourth-order valence-corrected chi connectivity index (χ4v) is 8.16. The number of aromatic nitrogens is 2. The van der Waals surface area contributed by atoms with Gasteiger partial charge in [-0.25, -0.2) is 24.1 Å². The van der Waals surface area contributed by atoms with Crippen molar-refractivity contribution in [2.75, 3.05) is 60.4 Å². The van der Waals surface area contributed by atoms with Crippen LogP contribution in [0.4, 0.5) is 19.2 Å². The lowest BCUT2D eigenvalue weighted by Gasteiger charge is -2.34. The molecule has 1 aromatic carbocycles. The number of likely N-dealkylation sites (tertiary alicyclic amines) is 3. The Hall–Kier alpha value is -5.10. The summed E-state index contributed by atoms with van der Waals surface area (Å²) < 4.78 is 25.3. The van der Waals surface area contributed by atoms with Crippen LogP contribution in [-0.2, 0) is 25.5 Å². The minimum atomic E-state index is -0.688. The van der Waals surface area contributed by atoms with Gasteiger partial charge in [0.1, 0.15) is 22.4 Å². The summed E-state index contributed by atoms with van der Waals surface area (Å²) in [6.07, 6.45) is 14.9. The number of piperidine rings is 1. The molecule has 5 heterocycles.